The van der Waals surface area contributed by atoms with Gasteiger partial charge in [-0.1, -0.05) is 30.3 Å². The number of benzene rings is 1. The van der Waals surface area contributed by atoms with Gasteiger partial charge < -0.3 is 16.4 Å². The summed E-state index contributed by atoms with van der Waals surface area (Å²) in [5.41, 5.74) is 6.63. The van der Waals surface area contributed by atoms with Crippen LogP contribution in [0, 0.1) is 0 Å². The van der Waals surface area contributed by atoms with Gasteiger partial charge in [-0.3, -0.25) is 9.59 Å². The highest BCUT2D eigenvalue weighted by Crippen LogP contribution is 2.10. The van der Waals surface area contributed by atoms with Gasteiger partial charge in [0.2, 0.25) is 11.8 Å². The van der Waals surface area contributed by atoms with Crippen molar-refractivity contribution < 1.29 is 9.59 Å². The Hall–Kier alpha value is -1.88. The van der Waals surface area contributed by atoms with Crippen LogP contribution in [0.25, 0.3) is 0 Å². The Morgan fingerprint density at radius 2 is 2.17 bits per heavy atom. The molecule has 1 saturated heterocycles. The number of hydrogen-bond acceptors (Lipinski definition) is 3. The fourth-order valence-corrected chi connectivity index (χ4v) is 1.98. The van der Waals surface area contributed by atoms with Crippen molar-refractivity contribution in [2.24, 2.45) is 5.73 Å². The van der Waals surface area contributed by atoms with E-state index < -0.39 is 6.04 Å². The molecule has 1 heterocycles. The Morgan fingerprint density at radius 1 is 1.44 bits per heavy atom. The molecular weight excluding hydrogens is 230 g/mol. The van der Waals surface area contributed by atoms with Crippen LogP contribution in [0.15, 0.2) is 30.3 Å². The molecule has 2 rings (SSSR count). The van der Waals surface area contributed by atoms with E-state index >= 15 is 0 Å². The predicted octanol–water partition coefficient (Wildman–Crippen LogP) is 0.0812. The second kappa shape index (κ2) is 5.64. The normalized spacial score (nSPS) is 20.3. The minimum atomic E-state index is -0.664. The van der Waals surface area contributed by atoms with Crippen molar-refractivity contribution in [1.82, 2.24) is 10.6 Å². The third kappa shape index (κ3) is 3.07. The molecule has 0 spiro atoms. The summed E-state index contributed by atoms with van der Waals surface area (Å²) in [4.78, 5) is 22.8. The minimum absolute atomic E-state index is 0.0319. The molecule has 2 amide bonds. The lowest BCUT2D eigenvalue weighted by molar-refractivity contribution is -0.123. The quantitative estimate of drug-likeness (QED) is 0.704. The predicted molar refractivity (Wildman–Crippen MR) is 67.5 cm³/mol. The number of rotatable bonds is 4. The van der Waals surface area contributed by atoms with E-state index in [-0.39, 0.29) is 17.9 Å². The molecule has 5 nitrogen and oxygen atoms in total. The third-order valence-corrected chi connectivity index (χ3v) is 3.05. The van der Waals surface area contributed by atoms with E-state index in [1.54, 1.807) is 0 Å². The summed E-state index contributed by atoms with van der Waals surface area (Å²) in [5.74, 6) is -0.177. The first-order chi connectivity index (χ1) is 8.66. The lowest BCUT2D eigenvalue weighted by Gasteiger charge is -2.15. The molecule has 1 aromatic rings. The summed E-state index contributed by atoms with van der Waals surface area (Å²) in [7, 11) is 0. The first-order valence-electron chi connectivity index (χ1n) is 6.04. The van der Waals surface area contributed by atoms with Crippen LogP contribution in [0.5, 0.6) is 0 Å². The van der Waals surface area contributed by atoms with Crippen LogP contribution in [0.3, 0.4) is 0 Å². The van der Waals surface area contributed by atoms with E-state index in [9.17, 15) is 9.59 Å². The Morgan fingerprint density at radius 3 is 2.78 bits per heavy atom. The van der Waals surface area contributed by atoms with Gasteiger partial charge in [0.15, 0.2) is 0 Å². The molecule has 96 valence electrons. The molecule has 1 unspecified atom stereocenters. The van der Waals surface area contributed by atoms with E-state index in [0.717, 1.165) is 12.0 Å². The van der Waals surface area contributed by atoms with Gasteiger partial charge in [-0.2, -0.15) is 0 Å². The second-order valence-electron chi connectivity index (χ2n) is 4.44. The minimum Gasteiger partial charge on any atom is -0.352 e. The molecule has 1 fully saturated rings. The Kier molecular flexibility index (Phi) is 3.94. The zero-order valence-corrected chi connectivity index (χ0v) is 10.1. The zero-order valence-electron chi connectivity index (χ0n) is 10.1. The van der Waals surface area contributed by atoms with Crippen LogP contribution in [0.4, 0.5) is 0 Å². The molecule has 1 aromatic carbocycles. The van der Waals surface area contributed by atoms with Gasteiger partial charge >= 0.3 is 0 Å². The number of hydrogen-bond donors (Lipinski definition) is 3. The molecule has 2 atom stereocenters. The maximum atomic E-state index is 11.8. The summed E-state index contributed by atoms with van der Waals surface area (Å²) in [5, 5.41) is 5.56. The average molecular weight is 247 g/mol. The number of nitrogens with two attached hydrogens (primary N) is 1. The monoisotopic (exact) mass is 247 g/mol. The number of nitrogens with one attached hydrogen (secondary N) is 2. The van der Waals surface area contributed by atoms with Gasteiger partial charge in [-0.15, -0.1) is 0 Å². The van der Waals surface area contributed by atoms with E-state index in [0.29, 0.717) is 13.0 Å². The fraction of sp³-hybridized carbons (Fsp3) is 0.385. The van der Waals surface area contributed by atoms with Gasteiger partial charge in [0, 0.05) is 19.0 Å². The van der Waals surface area contributed by atoms with Crippen LogP contribution in [-0.4, -0.2) is 24.4 Å². The number of carbonyl (C=O) groups is 2. The van der Waals surface area contributed by atoms with Crippen molar-refractivity contribution in [2.75, 3.05) is 6.54 Å². The summed E-state index contributed by atoms with van der Waals surface area (Å²) in [6, 6.07) is 8.58. The Bertz CT molecular complexity index is 433. The molecule has 4 N–H and O–H groups in total. The Labute approximate surface area is 106 Å². The van der Waals surface area contributed by atoms with Crippen molar-refractivity contribution in [3.05, 3.63) is 35.9 Å². The Balaban J connectivity index is 1.83. The standard InChI is InChI=1S/C13H17N3O2/c14-12(9-4-2-1-3-5-9)13(18)15-8-10-6-7-11(17)16-10/h1-5,10,12H,6-8,14H2,(H,15,18)(H,16,17)/t10?,12-/m1/s1. The highest BCUT2D eigenvalue weighted by atomic mass is 16.2. The highest BCUT2D eigenvalue weighted by Gasteiger charge is 2.22. The molecule has 1 aliphatic heterocycles. The van der Waals surface area contributed by atoms with E-state index in [2.05, 4.69) is 10.6 Å². The SMILES string of the molecule is N[C@@H](C(=O)NCC1CCC(=O)N1)c1ccccc1. The van der Waals surface area contributed by atoms with E-state index in [1.165, 1.54) is 0 Å². The molecule has 5 heteroatoms. The van der Waals surface area contributed by atoms with Crippen LogP contribution in [0.1, 0.15) is 24.4 Å². The maximum Gasteiger partial charge on any atom is 0.241 e. The average Bonchev–Trinajstić information content (AvgIpc) is 2.82. The largest absolute Gasteiger partial charge is 0.352 e. The smallest absolute Gasteiger partial charge is 0.241 e. The van der Waals surface area contributed by atoms with Gasteiger partial charge in [-0.25, -0.2) is 0 Å². The van der Waals surface area contributed by atoms with Gasteiger partial charge in [0.05, 0.1) is 0 Å². The van der Waals surface area contributed by atoms with Crippen molar-refractivity contribution in [1.29, 1.82) is 0 Å². The third-order valence-electron chi connectivity index (χ3n) is 3.05. The molecule has 18 heavy (non-hydrogen) atoms. The first kappa shape index (κ1) is 12.6. The molecule has 0 saturated carbocycles. The first-order valence-corrected chi connectivity index (χ1v) is 6.04. The van der Waals surface area contributed by atoms with Crippen LogP contribution in [0.2, 0.25) is 0 Å². The number of amides is 2. The van der Waals surface area contributed by atoms with Gasteiger partial charge in [0.1, 0.15) is 6.04 Å². The summed E-state index contributed by atoms with van der Waals surface area (Å²) < 4.78 is 0. The van der Waals surface area contributed by atoms with Crippen LogP contribution < -0.4 is 16.4 Å². The summed E-state index contributed by atoms with van der Waals surface area (Å²) in [6.07, 6.45) is 1.30. The maximum absolute atomic E-state index is 11.8. The van der Waals surface area contributed by atoms with E-state index in [1.807, 2.05) is 30.3 Å². The molecule has 1 aliphatic rings. The second-order valence-corrected chi connectivity index (χ2v) is 4.44. The van der Waals surface area contributed by atoms with Crippen molar-refractivity contribution >= 4 is 11.8 Å². The fourth-order valence-electron chi connectivity index (χ4n) is 1.98. The van der Waals surface area contributed by atoms with Crippen LogP contribution >= 0.6 is 0 Å². The van der Waals surface area contributed by atoms with Gasteiger partial charge in [0.25, 0.3) is 0 Å². The zero-order chi connectivity index (χ0) is 13.0. The van der Waals surface area contributed by atoms with E-state index in [4.69, 9.17) is 5.73 Å². The molecule has 0 aliphatic carbocycles. The topological polar surface area (TPSA) is 84.2 Å². The summed E-state index contributed by atoms with van der Waals surface area (Å²) >= 11 is 0. The summed E-state index contributed by atoms with van der Waals surface area (Å²) in [6.45, 7) is 0.436. The lowest BCUT2D eigenvalue weighted by Crippen LogP contribution is -2.42. The van der Waals surface area contributed by atoms with Crippen molar-refractivity contribution in [3.8, 4) is 0 Å². The van der Waals surface area contributed by atoms with Gasteiger partial charge in [-0.05, 0) is 12.0 Å². The lowest BCUT2D eigenvalue weighted by atomic mass is 10.1. The highest BCUT2D eigenvalue weighted by molar-refractivity contribution is 5.83. The van der Waals surface area contributed by atoms with Crippen molar-refractivity contribution in [3.63, 3.8) is 0 Å². The van der Waals surface area contributed by atoms with Crippen LogP contribution in [-0.2, 0) is 9.59 Å². The van der Waals surface area contributed by atoms with Crippen molar-refractivity contribution in [2.45, 2.75) is 24.9 Å². The number of carbonyl (C=O) groups excluding carboxylic acids is 2. The molecule has 0 aromatic heterocycles. The molecule has 0 bridgehead atoms. The molecular formula is C13H17N3O2. The molecule has 0 radical (unpaired) electrons.